The Morgan fingerprint density at radius 1 is 0.805 bits per heavy atom. The smallest absolute Gasteiger partial charge is 0.220 e. The van der Waals surface area contributed by atoms with Crippen molar-refractivity contribution in [2.45, 2.75) is 172 Å². The second-order valence-corrected chi connectivity index (χ2v) is 11.6. The summed E-state index contributed by atoms with van der Waals surface area (Å²) in [5, 5.41) is 53.4. The van der Waals surface area contributed by atoms with Gasteiger partial charge in [-0.3, -0.25) is 4.79 Å². The van der Waals surface area contributed by atoms with Crippen LogP contribution in [0.5, 0.6) is 0 Å². The van der Waals surface area contributed by atoms with Crippen LogP contribution in [0.25, 0.3) is 0 Å². The second kappa shape index (κ2) is 24.4. The SMILES string of the molecule is CCCCCCCCCCCCCC=CC(O)C(COC1O[C@H](CO)[C@@H](O)[C@H](O)[C@H]1O)NC(=O)CCCCCCC. The van der Waals surface area contributed by atoms with Crippen molar-refractivity contribution >= 4 is 5.91 Å². The van der Waals surface area contributed by atoms with Gasteiger partial charge in [0.1, 0.15) is 24.4 Å². The Balaban J connectivity index is 2.50. The summed E-state index contributed by atoms with van der Waals surface area (Å²) in [4.78, 5) is 12.6. The number of allylic oxidation sites excluding steroid dienone is 1. The molecule has 1 saturated heterocycles. The summed E-state index contributed by atoms with van der Waals surface area (Å²) < 4.78 is 11.0. The molecule has 0 aromatic heterocycles. The van der Waals surface area contributed by atoms with Gasteiger partial charge in [0.15, 0.2) is 6.29 Å². The predicted molar refractivity (Wildman–Crippen MR) is 161 cm³/mol. The van der Waals surface area contributed by atoms with Gasteiger partial charge in [-0.2, -0.15) is 0 Å². The topological polar surface area (TPSA) is 149 Å². The van der Waals surface area contributed by atoms with Crippen LogP contribution in [0.2, 0.25) is 0 Å². The van der Waals surface area contributed by atoms with Crippen LogP contribution in [0.4, 0.5) is 0 Å². The van der Waals surface area contributed by atoms with Crippen molar-refractivity contribution in [2.24, 2.45) is 0 Å². The van der Waals surface area contributed by atoms with E-state index < -0.39 is 49.5 Å². The molecule has 1 amide bonds. The van der Waals surface area contributed by atoms with Crippen LogP contribution in [0.15, 0.2) is 12.2 Å². The van der Waals surface area contributed by atoms with Gasteiger partial charge < -0.3 is 40.3 Å². The maximum absolute atomic E-state index is 12.6. The van der Waals surface area contributed by atoms with Gasteiger partial charge in [0.25, 0.3) is 0 Å². The lowest BCUT2D eigenvalue weighted by molar-refractivity contribution is -0.302. The van der Waals surface area contributed by atoms with Crippen molar-refractivity contribution in [3.05, 3.63) is 12.2 Å². The molecular formula is C32H61NO8. The van der Waals surface area contributed by atoms with Crippen molar-refractivity contribution in [2.75, 3.05) is 13.2 Å². The zero-order valence-electron chi connectivity index (χ0n) is 25.8. The van der Waals surface area contributed by atoms with Crippen molar-refractivity contribution in [1.82, 2.24) is 5.32 Å². The first-order valence-corrected chi connectivity index (χ1v) is 16.4. The van der Waals surface area contributed by atoms with Crippen LogP contribution >= 0.6 is 0 Å². The zero-order chi connectivity index (χ0) is 30.3. The second-order valence-electron chi connectivity index (χ2n) is 11.6. The highest BCUT2D eigenvalue weighted by Gasteiger charge is 2.44. The van der Waals surface area contributed by atoms with E-state index in [2.05, 4.69) is 19.2 Å². The lowest BCUT2D eigenvalue weighted by Gasteiger charge is -2.40. The molecule has 0 aliphatic carbocycles. The van der Waals surface area contributed by atoms with Crippen molar-refractivity contribution in [1.29, 1.82) is 0 Å². The summed E-state index contributed by atoms with van der Waals surface area (Å²) in [7, 11) is 0. The Morgan fingerprint density at radius 2 is 1.34 bits per heavy atom. The number of aliphatic hydroxyl groups is 5. The molecule has 1 heterocycles. The van der Waals surface area contributed by atoms with E-state index in [1.54, 1.807) is 6.08 Å². The number of ether oxygens (including phenoxy) is 2. The van der Waals surface area contributed by atoms with Gasteiger partial charge in [-0.25, -0.2) is 0 Å². The van der Waals surface area contributed by atoms with E-state index in [1.165, 1.54) is 57.8 Å². The van der Waals surface area contributed by atoms with Gasteiger partial charge >= 0.3 is 0 Å². The molecule has 9 nitrogen and oxygen atoms in total. The molecule has 0 spiro atoms. The van der Waals surface area contributed by atoms with Crippen molar-refractivity contribution in [3.63, 3.8) is 0 Å². The molecule has 1 aliphatic heterocycles. The van der Waals surface area contributed by atoms with Crippen LogP contribution in [0.3, 0.4) is 0 Å². The predicted octanol–water partition coefficient (Wildman–Crippen LogP) is 4.27. The minimum atomic E-state index is -1.56. The Hall–Kier alpha value is -1.07. The summed E-state index contributed by atoms with van der Waals surface area (Å²) in [6.45, 7) is 3.63. The third kappa shape index (κ3) is 17.0. The van der Waals surface area contributed by atoms with E-state index in [4.69, 9.17) is 9.47 Å². The van der Waals surface area contributed by atoms with Gasteiger partial charge in [0, 0.05) is 6.42 Å². The highest BCUT2D eigenvalue weighted by Crippen LogP contribution is 2.22. The molecule has 242 valence electrons. The quantitative estimate of drug-likeness (QED) is 0.0685. The molecular weight excluding hydrogens is 526 g/mol. The number of carbonyl (C=O) groups excluding carboxylic acids is 1. The first-order valence-electron chi connectivity index (χ1n) is 16.4. The van der Waals surface area contributed by atoms with Gasteiger partial charge in [0.05, 0.1) is 25.4 Å². The lowest BCUT2D eigenvalue weighted by atomic mass is 9.99. The summed E-state index contributed by atoms with van der Waals surface area (Å²) >= 11 is 0. The van der Waals surface area contributed by atoms with Gasteiger partial charge in [-0.1, -0.05) is 116 Å². The third-order valence-corrected chi connectivity index (χ3v) is 7.86. The number of hydrogen-bond donors (Lipinski definition) is 6. The molecule has 7 atom stereocenters. The molecule has 6 N–H and O–H groups in total. The first kappa shape index (κ1) is 38.0. The Labute approximate surface area is 248 Å². The molecule has 0 saturated carbocycles. The Kier molecular flexibility index (Phi) is 22.6. The summed E-state index contributed by atoms with van der Waals surface area (Å²) in [6.07, 6.45) is 15.8. The molecule has 0 radical (unpaired) electrons. The van der Waals surface area contributed by atoms with Gasteiger partial charge in [-0.05, 0) is 19.3 Å². The minimum Gasteiger partial charge on any atom is -0.394 e. The Morgan fingerprint density at radius 3 is 1.90 bits per heavy atom. The summed E-state index contributed by atoms with van der Waals surface area (Å²) in [6, 6.07) is -0.793. The number of hydrogen-bond acceptors (Lipinski definition) is 8. The van der Waals surface area contributed by atoms with E-state index in [0.717, 1.165) is 51.4 Å². The molecule has 1 fully saturated rings. The number of nitrogens with one attached hydrogen (secondary N) is 1. The summed E-state index contributed by atoms with van der Waals surface area (Å²) in [5.74, 6) is -0.193. The molecule has 0 aromatic rings. The van der Waals surface area contributed by atoms with E-state index in [0.29, 0.717) is 6.42 Å². The lowest BCUT2D eigenvalue weighted by Crippen LogP contribution is -2.60. The summed E-state index contributed by atoms with van der Waals surface area (Å²) in [5.41, 5.74) is 0. The standard InChI is InChI=1S/C32H61NO8/c1-3-5-7-9-10-11-12-13-14-15-16-18-19-21-26(35)25(33-28(36)22-20-17-8-6-4-2)24-40-32-31(39)30(38)29(37)27(23-34)41-32/h19,21,25-27,29-32,34-35,37-39H,3-18,20,22-24H2,1-2H3,(H,33,36)/t25?,26?,27-,29-,30+,31-,32?/m1/s1. The fourth-order valence-electron chi connectivity index (χ4n) is 5.09. The van der Waals surface area contributed by atoms with Crippen LogP contribution < -0.4 is 5.32 Å². The van der Waals surface area contributed by atoms with E-state index in [1.807, 2.05) is 6.08 Å². The molecule has 1 aliphatic rings. The molecule has 41 heavy (non-hydrogen) atoms. The van der Waals surface area contributed by atoms with Gasteiger partial charge in [0.2, 0.25) is 5.91 Å². The largest absolute Gasteiger partial charge is 0.394 e. The van der Waals surface area contributed by atoms with Crippen molar-refractivity contribution < 1.29 is 39.8 Å². The number of rotatable bonds is 25. The molecule has 9 heteroatoms. The fraction of sp³-hybridized carbons (Fsp3) is 0.906. The monoisotopic (exact) mass is 587 g/mol. The zero-order valence-corrected chi connectivity index (χ0v) is 25.8. The van der Waals surface area contributed by atoms with E-state index in [9.17, 15) is 30.3 Å². The van der Waals surface area contributed by atoms with E-state index >= 15 is 0 Å². The average Bonchev–Trinajstić information content (AvgIpc) is 2.97. The fourth-order valence-corrected chi connectivity index (χ4v) is 5.09. The Bertz CT molecular complexity index is 662. The maximum Gasteiger partial charge on any atom is 0.220 e. The van der Waals surface area contributed by atoms with Gasteiger partial charge in [-0.15, -0.1) is 0 Å². The third-order valence-electron chi connectivity index (χ3n) is 7.86. The molecule has 3 unspecified atom stereocenters. The average molecular weight is 588 g/mol. The highest BCUT2D eigenvalue weighted by molar-refractivity contribution is 5.76. The molecule has 0 bridgehead atoms. The normalized spacial score (nSPS) is 24.5. The van der Waals surface area contributed by atoms with E-state index in [-0.39, 0.29) is 12.5 Å². The number of aliphatic hydroxyl groups excluding tert-OH is 5. The van der Waals surface area contributed by atoms with Crippen LogP contribution in [0.1, 0.15) is 129 Å². The molecule has 1 rings (SSSR count). The first-order chi connectivity index (χ1) is 19.8. The van der Waals surface area contributed by atoms with Crippen LogP contribution in [-0.4, -0.2) is 87.5 Å². The maximum atomic E-state index is 12.6. The minimum absolute atomic E-state index is 0.186. The van der Waals surface area contributed by atoms with Crippen LogP contribution in [-0.2, 0) is 14.3 Å². The highest BCUT2D eigenvalue weighted by atomic mass is 16.7. The van der Waals surface area contributed by atoms with Crippen molar-refractivity contribution in [3.8, 4) is 0 Å². The van der Waals surface area contributed by atoms with Crippen LogP contribution in [0, 0.1) is 0 Å². The number of carbonyl (C=O) groups is 1. The number of amides is 1. The molecule has 0 aromatic carbocycles. The number of unbranched alkanes of at least 4 members (excludes halogenated alkanes) is 15.